The molecule has 2 heterocycles. The molecule has 1 aliphatic rings. The summed E-state index contributed by atoms with van der Waals surface area (Å²) in [6.07, 6.45) is 1.53. The lowest BCUT2D eigenvalue weighted by molar-refractivity contribution is -0.135. The highest BCUT2D eigenvalue weighted by atomic mass is 32.1. The highest BCUT2D eigenvalue weighted by molar-refractivity contribution is 7.10. The van der Waals surface area contributed by atoms with Gasteiger partial charge in [-0.05, 0) is 55.8 Å². The number of urea groups is 1. The molecule has 2 atom stereocenters. The van der Waals surface area contributed by atoms with Gasteiger partial charge in [0.15, 0.2) is 0 Å². The van der Waals surface area contributed by atoms with Crippen molar-refractivity contribution in [3.05, 3.63) is 52.0 Å². The van der Waals surface area contributed by atoms with Crippen LogP contribution in [0.4, 0.5) is 9.18 Å². The zero-order valence-corrected chi connectivity index (χ0v) is 19.1. The number of halogens is 1. The molecule has 1 aromatic carbocycles. The number of ether oxygens (including phenoxy) is 1. The fourth-order valence-corrected chi connectivity index (χ4v) is 4.67. The van der Waals surface area contributed by atoms with Crippen molar-refractivity contribution < 1.29 is 18.7 Å². The van der Waals surface area contributed by atoms with Crippen LogP contribution in [0.5, 0.6) is 5.75 Å². The third-order valence-electron chi connectivity index (χ3n) is 5.64. The third-order valence-corrected chi connectivity index (χ3v) is 6.63. The molecule has 3 rings (SSSR count). The monoisotopic (exact) mass is 447 g/mol. The van der Waals surface area contributed by atoms with Gasteiger partial charge in [-0.15, -0.1) is 11.3 Å². The summed E-state index contributed by atoms with van der Waals surface area (Å²) in [5, 5.41) is 4.82. The standard InChI is InChI=1S/C23H30FN3O3S/c1-4-16(3)27(23(29)25-5-2)14-22(28)26-11-9-21-19(10-12-31-21)20(26)15-30-18-8-6-7-17(24)13-18/h6-8,10,12-13,16,20H,4-5,9,11,14-15H2,1-3H3,(H,25,29)/t16-,20+/m0/s1. The van der Waals surface area contributed by atoms with E-state index in [1.807, 2.05) is 32.2 Å². The van der Waals surface area contributed by atoms with Gasteiger partial charge in [-0.2, -0.15) is 0 Å². The van der Waals surface area contributed by atoms with Gasteiger partial charge in [-0.1, -0.05) is 13.0 Å². The Labute approximate surface area is 187 Å². The number of carbonyl (C=O) groups is 2. The van der Waals surface area contributed by atoms with Crippen LogP contribution in [0.1, 0.15) is 43.7 Å². The molecule has 1 aliphatic heterocycles. The molecule has 0 spiro atoms. The van der Waals surface area contributed by atoms with Gasteiger partial charge < -0.3 is 19.9 Å². The zero-order valence-electron chi connectivity index (χ0n) is 18.3. The summed E-state index contributed by atoms with van der Waals surface area (Å²) in [5.74, 6) is -0.0500. The van der Waals surface area contributed by atoms with E-state index in [-0.39, 0.29) is 43.0 Å². The lowest BCUT2D eigenvalue weighted by Crippen LogP contribution is -2.52. The van der Waals surface area contributed by atoms with Crippen molar-refractivity contribution in [3.8, 4) is 5.75 Å². The van der Waals surface area contributed by atoms with Crippen molar-refractivity contribution in [2.45, 2.75) is 45.7 Å². The molecule has 0 fully saturated rings. The topological polar surface area (TPSA) is 61.9 Å². The maximum Gasteiger partial charge on any atom is 0.318 e. The molecule has 0 bridgehead atoms. The normalized spacial score (nSPS) is 16.4. The molecule has 0 radical (unpaired) electrons. The van der Waals surface area contributed by atoms with E-state index < -0.39 is 0 Å². The molecule has 168 valence electrons. The molecule has 0 saturated heterocycles. The Kier molecular flexibility index (Phi) is 7.90. The number of nitrogens with one attached hydrogen (secondary N) is 1. The van der Waals surface area contributed by atoms with Crippen LogP contribution < -0.4 is 10.1 Å². The number of carbonyl (C=O) groups excluding carboxylic acids is 2. The number of fused-ring (bicyclic) bond motifs is 1. The van der Waals surface area contributed by atoms with Crippen LogP contribution in [0.25, 0.3) is 0 Å². The Morgan fingerprint density at radius 2 is 2.16 bits per heavy atom. The Balaban J connectivity index is 1.78. The van der Waals surface area contributed by atoms with Crippen LogP contribution in [-0.4, -0.2) is 54.0 Å². The zero-order chi connectivity index (χ0) is 22.4. The maximum absolute atomic E-state index is 13.5. The Morgan fingerprint density at radius 1 is 1.35 bits per heavy atom. The fourth-order valence-electron chi connectivity index (χ4n) is 3.74. The quantitative estimate of drug-likeness (QED) is 0.659. The molecule has 3 amide bonds. The first-order valence-corrected chi connectivity index (χ1v) is 11.6. The Hall–Kier alpha value is -2.61. The average Bonchev–Trinajstić information content (AvgIpc) is 3.24. The van der Waals surface area contributed by atoms with E-state index in [1.165, 1.54) is 17.0 Å². The van der Waals surface area contributed by atoms with Gasteiger partial charge in [0.2, 0.25) is 5.91 Å². The molecule has 6 nitrogen and oxygen atoms in total. The number of hydrogen-bond donors (Lipinski definition) is 1. The summed E-state index contributed by atoms with van der Waals surface area (Å²) >= 11 is 1.67. The molecule has 1 aromatic heterocycles. The molecule has 0 saturated carbocycles. The molecule has 1 N–H and O–H groups in total. The van der Waals surface area contributed by atoms with Gasteiger partial charge in [-0.25, -0.2) is 9.18 Å². The van der Waals surface area contributed by atoms with E-state index in [0.717, 1.165) is 18.4 Å². The number of nitrogens with zero attached hydrogens (tertiary/aromatic N) is 2. The van der Waals surface area contributed by atoms with Gasteiger partial charge >= 0.3 is 6.03 Å². The molecule has 0 unspecified atom stereocenters. The largest absolute Gasteiger partial charge is 0.491 e. The third kappa shape index (κ3) is 5.55. The van der Waals surface area contributed by atoms with E-state index >= 15 is 0 Å². The van der Waals surface area contributed by atoms with Crippen molar-refractivity contribution in [2.24, 2.45) is 0 Å². The lowest BCUT2D eigenvalue weighted by atomic mass is 10.00. The Morgan fingerprint density at radius 3 is 2.87 bits per heavy atom. The van der Waals surface area contributed by atoms with Crippen LogP contribution in [-0.2, 0) is 11.2 Å². The molecule has 8 heteroatoms. The lowest BCUT2D eigenvalue weighted by Gasteiger charge is -2.38. The van der Waals surface area contributed by atoms with Crippen LogP contribution in [0.2, 0.25) is 0 Å². The minimum Gasteiger partial charge on any atom is -0.491 e. The van der Waals surface area contributed by atoms with Gasteiger partial charge in [0, 0.05) is 30.1 Å². The van der Waals surface area contributed by atoms with Crippen LogP contribution in [0, 0.1) is 5.82 Å². The van der Waals surface area contributed by atoms with Gasteiger partial charge in [0.25, 0.3) is 0 Å². The average molecular weight is 448 g/mol. The van der Waals surface area contributed by atoms with E-state index in [1.54, 1.807) is 33.3 Å². The van der Waals surface area contributed by atoms with E-state index in [0.29, 0.717) is 18.8 Å². The van der Waals surface area contributed by atoms with Crippen molar-refractivity contribution >= 4 is 23.3 Å². The minimum atomic E-state index is -0.364. The first-order valence-electron chi connectivity index (χ1n) is 10.7. The minimum absolute atomic E-state index is 0.0107. The first kappa shape index (κ1) is 23.1. The summed E-state index contributed by atoms with van der Waals surface area (Å²) in [6, 6.07) is 7.46. The predicted molar refractivity (Wildman–Crippen MR) is 120 cm³/mol. The second-order valence-corrected chi connectivity index (χ2v) is 8.64. The van der Waals surface area contributed by atoms with Gasteiger partial charge in [0.05, 0.1) is 6.04 Å². The number of hydrogen-bond acceptors (Lipinski definition) is 4. The predicted octanol–water partition coefficient (Wildman–Crippen LogP) is 4.22. The number of rotatable bonds is 8. The SMILES string of the molecule is CCNC(=O)N(CC(=O)N1CCc2sccc2[C@H]1COc1cccc(F)c1)[C@@H](C)CC. The second kappa shape index (κ2) is 10.6. The summed E-state index contributed by atoms with van der Waals surface area (Å²) in [7, 11) is 0. The van der Waals surface area contributed by atoms with E-state index in [9.17, 15) is 14.0 Å². The smallest absolute Gasteiger partial charge is 0.318 e. The van der Waals surface area contributed by atoms with Crippen molar-refractivity contribution in [1.82, 2.24) is 15.1 Å². The number of thiophene rings is 1. The molecular weight excluding hydrogens is 417 g/mol. The number of benzene rings is 1. The molecular formula is C23H30FN3O3S. The number of amides is 3. The fraction of sp³-hybridized carbons (Fsp3) is 0.478. The first-order chi connectivity index (χ1) is 14.9. The van der Waals surface area contributed by atoms with E-state index in [4.69, 9.17) is 4.74 Å². The van der Waals surface area contributed by atoms with Crippen LogP contribution in [0.3, 0.4) is 0 Å². The van der Waals surface area contributed by atoms with Crippen LogP contribution >= 0.6 is 11.3 Å². The second-order valence-electron chi connectivity index (χ2n) is 7.64. The van der Waals surface area contributed by atoms with Gasteiger partial charge in [-0.3, -0.25) is 4.79 Å². The summed E-state index contributed by atoms with van der Waals surface area (Å²) in [6.45, 7) is 7.10. The maximum atomic E-state index is 13.5. The molecule has 0 aliphatic carbocycles. The van der Waals surface area contributed by atoms with Crippen molar-refractivity contribution in [2.75, 3.05) is 26.2 Å². The highest BCUT2D eigenvalue weighted by Gasteiger charge is 2.34. The summed E-state index contributed by atoms with van der Waals surface area (Å²) < 4.78 is 19.4. The van der Waals surface area contributed by atoms with Crippen molar-refractivity contribution in [3.63, 3.8) is 0 Å². The summed E-state index contributed by atoms with van der Waals surface area (Å²) in [5.41, 5.74) is 1.06. The van der Waals surface area contributed by atoms with Crippen LogP contribution in [0.15, 0.2) is 35.7 Å². The van der Waals surface area contributed by atoms with Crippen molar-refractivity contribution in [1.29, 1.82) is 0 Å². The van der Waals surface area contributed by atoms with E-state index in [2.05, 4.69) is 5.32 Å². The molecule has 31 heavy (non-hydrogen) atoms. The molecule has 2 aromatic rings. The highest BCUT2D eigenvalue weighted by Crippen LogP contribution is 2.34. The Bertz CT molecular complexity index is 904. The summed E-state index contributed by atoms with van der Waals surface area (Å²) in [4.78, 5) is 30.5. The van der Waals surface area contributed by atoms with Gasteiger partial charge in [0.1, 0.15) is 24.7 Å².